The molecule has 0 radical (unpaired) electrons. The van der Waals surface area contributed by atoms with Gasteiger partial charge in [0, 0.05) is 12.1 Å². The molecule has 0 aliphatic heterocycles. The quantitative estimate of drug-likeness (QED) is 0.642. The molecule has 0 heterocycles. The predicted octanol–water partition coefficient (Wildman–Crippen LogP) is 2.91. The van der Waals surface area contributed by atoms with Crippen molar-refractivity contribution < 1.29 is 19.2 Å². The second-order valence-electron chi connectivity index (χ2n) is 4.24. The van der Waals surface area contributed by atoms with E-state index in [0.29, 0.717) is 0 Å². The van der Waals surface area contributed by atoms with Crippen LogP contribution in [0.4, 0.5) is 15.8 Å². The van der Waals surface area contributed by atoms with Crippen LogP contribution in [0.15, 0.2) is 12.1 Å². The zero-order valence-corrected chi connectivity index (χ0v) is 10.9. The predicted molar refractivity (Wildman–Crippen MR) is 67.9 cm³/mol. The molecule has 0 fully saturated rings. The van der Waals surface area contributed by atoms with Crippen LogP contribution in [-0.2, 0) is 4.79 Å². The molecule has 104 valence electrons. The Bertz CT molecular complexity index is 522. The van der Waals surface area contributed by atoms with Gasteiger partial charge in [0.25, 0.3) is 5.69 Å². The first-order valence-corrected chi connectivity index (χ1v) is 5.74. The number of nitro benzene ring substituents is 1. The van der Waals surface area contributed by atoms with Crippen molar-refractivity contribution in [1.29, 1.82) is 0 Å². The third kappa shape index (κ3) is 3.54. The highest BCUT2D eigenvalue weighted by atomic mass is 35.5. The number of carboxylic acids is 1. The maximum Gasteiger partial charge on any atom is 0.326 e. The lowest BCUT2D eigenvalue weighted by molar-refractivity contribution is -0.384. The Labute approximate surface area is 113 Å². The standard InChI is InChI=1S/C11H12ClFN2O4/c1-5(2)10(11(16)17)14-8-4-7(13)6(12)3-9(8)15(18)19/h3-5,10,14H,1-2H3,(H,16,17). The van der Waals surface area contributed by atoms with E-state index in [1.807, 2.05) is 0 Å². The van der Waals surface area contributed by atoms with Gasteiger partial charge < -0.3 is 10.4 Å². The van der Waals surface area contributed by atoms with Gasteiger partial charge in [-0.2, -0.15) is 0 Å². The Morgan fingerprint density at radius 3 is 2.53 bits per heavy atom. The topological polar surface area (TPSA) is 92.5 Å². The molecule has 0 saturated heterocycles. The molecule has 6 nitrogen and oxygen atoms in total. The molecule has 0 bridgehead atoms. The van der Waals surface area contributed by atoms with Gasteiger partial charge in [0.05, 0.1) is 9.95 Å². The Morgan fingerprint density at radius 1 is 1.53 bits per heavy atom. The van der Waals surface area contributed by atoms with E-state index in [1.165, 1.54) is 0 Å². The van der Waals surface area contributed by atoms with Gasteiger partial charge in [0.15, 0.2) is 0 Å². The lowest BCUT2D eigenvalue weighted by Crippen LogP contribution is -2.34. The molecule has 1 rings (SSSR count). The highest BCUT2D eigenvalue weighted by Crippen LogP contribution is 2.31. The second-order valence-corrected chi connectivity index (χ2v) is 4.65. The van der Waals surface area contributed by atoms with Crippen LogP contribution >= 0.6 is 11.6 Å². The van der Waals surface area contributed by atoms with Gasteiger partial charge in [-0.15, -0.1) is 0 Å². The zero-order chi connectivity index (χ0) is 14.7. The summed E-state index contributed by atoms with van der Waals surface area (Å²) in [6.07, 6.45) is 0. The number of hydrogen-bond donors (Lipinski definition) is 2. The Kier molecular flexibility index (Phi) is 4.66. The maximum atomic E-state index is 13.3. The third-order valence-electron chi connectivity index (χ3n) is 2.48. The van der Waals surface area contributed by atoms with Gasteiger partial charge in [0.2, 0.25) is 0 Å². The van der Waals surface area contributed by atoms with E-state index < -0.39 is 33.5 Å². The van der Waals surface area contributed by atoms with Crippen molar-refractivity contribution in [2.75, 3.05) is 5.32 Å². The van der Waals surface area contributed by atoms with E-state index in [4.69, 9.17) is 16.7 Å². The highest BCUT2D eigenvalue weighted by molar-refractivity contribution is 6.31. The molecule has 1 unspecified atom stereocenters. The first-order valence-electron chi connectivity index (χ1n) is 5.36. The summed E-state index contributed by atoms with van der Waals surface area (Å²) in [7, 11) is 0. The van der Waals surface area contributed by atoms with Crippen molar-refractivity contribution >= 4 is 28.9 Å². The number of anilines is 1. The number of hydrogen-bond acceptors (Lipinski definition) is 4. The molecule has 1 atom stereocenters. The average molecular weight is 291 g/mol. The molecule has 0 aliphatic rings. The van der Waals surface area contributed by atoms with Gasteiger partial charge in [-0.05, 0) is 5.92 Å². The van der Waals surface area contributed by atoms with E-state index in [2.05, 4.69) is 5.32 Å². The SMILES string of the molecule is CC(C)C(Nc1cc(F)c(Cl)cc1[N+](=O)[O-])C(=O)O. The summed E-state index contributed by atoms with van der Waals surface area (Å²) in [5.41, 5.74) is -0.689. The van der Waals surface area contributed by atoms with Crippen LogP contribution in [0.2, 0.25) is 5.02 Å². The van der Waals surface area contributed by atoms with Crippen molar-refractivity contribution in [3.8, 4) is 0 Å². The fourth-order valence-corrected chi connectivity index (χ4v) is 1.64. The minimum atomic E-state index is -1.18. The van der Waals surface area contributed by atoms with Crippen LogP contribution < -0.4 is 5.32 Å². The maximum absolute atomic E-state index is 13.3. The van der Waals surface area contributed by atoms with Gasteiger partial charge in [0.1, 0.15) is 17.5 Å². The van der Waals surface area contributed by atoms with Gasteiger partial charge in [-0.1, -0.05) is 25.4 Å². The number of carbonyl (C=O) groups is 1. The summed E-state index contributed by atoms with van der Waals surface area (Å²) >= 11 is 5.47. The molecule has 2 N–H and O–H groups in total. The van der Waals surface area contributed by atoms with Crippen molar-refractivity contribution in [2.24, 2.45) is 5.92 Å². The van der Waals surface area contributed by atoms with Crippen LogP contribution in [0, 0.1) is 21.8 Å². The molecule has 0 aliphatic carbocycles. The van der Waals surface area contributed by atoms with Crippen LogP contribution in [0.5, 0.6) is 0 Å². The lowest BCUT2D eigenvalue weighted by atomic mass is 10.0. The number of nitro groups is 1. The van der Waals surface area contributed by atoms with E-state index in [9.17, 15) is 19.3 Å². The smallest absolute Gasteiger partial charge is 0.326 e. The summed E-state index contributed by atoms with van der Waals surface area (Å²) in [5.74, 6) is -2.38. The van der Waals surface area contributed by atoms with Gasteiger partial charge in [-0.25, -0.2) is 9.18 Å². The Balaban J connectivity index is 3.22. The lowest BCUT2D eigenvalue weighted by Gasteiger charge is -2.19. The van der Waals surface area contributed by atoms with Crippen LogP contribution in [0.3, 0.4) is 0 Å². The van der Waals surface area contributed by atoms with Crippen molar-refractivity contribution in [1.82, 2.24) is 0 Å². The van der Waals surface area contributed by atoms with E-state index in [1.54, 1.807) is 13.8 Å². The van der Waals surface area contributed by atoms with E-state index >= 15 is 0 Å². The van der Waals surface area contributed by atoms with Crippen molar-refractivity contribution in [2.45, 2.75) is 19.9 Å². The number of carboxylic acid groups (broad SMARTS) is 1. The number of nitrogens with zero attached hydrogens (tertiary/aromatic N) is 1. The summed E-state index contributed by atoms with van der Waals surface area (Å²) < 4.78 is 13.3. The molecule has 1 aromatic rings. The van der Waals surface area contributed by atoms with Crippen LogP contribution in [-0.4, -0.2) is 22.0 Å². The minimum absolute atomic E-state index is 0.215. The van der Waals surface area contributed by atoms with Crippen molar-refractivity contribution in [3.05, 3.63) is 33.1 Å². The largest absolute Gasteiger partial charge is 0.480 e. The molecule has 0 amide bonds. The molecule has 0 spiro atoms. The average Bonchev–Trinajstić information content (AvgIpc) is 2.28. The normalized spacial score (nSPS) is 12.3. The van der Waals surface area contributed by atoms with E-state index in [0.717, 1.165) is 12.1 Å². The molecule has 19 heavy (non-hydrogen) atoms. The fraction of sp³-hybridized carbons (Fsp3) is 0.364. The number of benzene rings is 1. The Hall–Kier alpha value is -1.89. The highest BCUT2D eigenvalue weighted by Gasteiger charge is 2.26. The molecule has 8 heteroatoms. The van der Waals surface area contributed by atoms with Crippen LogP contribution in [0.1, 0.15) is 13.8 Å². The molecular formula is C11H12ClFN2O4. The number of aliphatic carboxylic acids is 1. The first kappa shape index (κ1) is 15.2. The summed E-state index contributed by atoms with van der Waals surface area (Å²) in [6, 6.07) is 0.594. The van der Waals surface area contributed by atoms with Crippen LogP contribution in [0.25, 0.3) is 0 Å². The summed E-state index contributed by atoms with van der Waals surface area (Å²) in [4.78, 5) is 21.1. The number of rotatable bonds is 5. The summed E-state index contributed by atoms with van der Waals surface area (Å²) in [6.45, 7) is 3.26. The zero-order valence-electron chi connectivity index (χ0n) is 10.2. The number of nitrogens with one attached hydrogen (secondary N) is 1. The minimum Gasteiger partial charge on any atom is -0.480 e. The second kappa shape index (κ2) is 5.83. The van der Waals surface area contributed by atoms with Gasteiger partial charge >= 0.3 is 5.97 Å². The third-order valence-corrected chi connectivity index (χ3v) is 2.77. The van der Waals surface area contributed by atoms with Crippen molar-refractivity contribution in [3.63, 3.8) is 0 Å². The fourth-order valence-electron chi connectivity index (χ4n) is 1.48. The molecule has 1 aromatic carbocycles. The monoisotopic (exact) mass is 290 g/mol. The summed E-state index contributed by atoms with van der Waals surface area (Å²) in [5, 5.41) is 21.9. The van der Waals surface area contributed by atoms with E-state index in [-0.39, 0.29) is 11.6 Å². The molecule has 0 saturated carbocycles. The molecule has 0 aromatic heterocycles. The number of halogens is 2. The van der Waals surface area contributed by atoms with Gasteiger partial charge in [-0.3, -0.25) is 10.1 Å². The molecular weight excluding hydrogens is 279 g/mol. The Morgan fingerprint density at radius 2 is 2.11 bits per heavy atom. The first-order chi connectivity index (χ1) is 8.73.